The number of rotatable bonds is 7. The Balaban J connectivity index is 3.06. The first-order valence-corrected chi connectivity index (χ1v) is 5.91. The predicted molar refractivity (Wildman–Crippen MR) is 68.3 cm³/mol. The number of nitro benzene ring substituents is 1. The third kappa shape index (κ3) is 3.92. The van der Waals surface area contributed by atoms with Crippen LogP contribution < -0.4 is 10.1 Å². The molecular formula is C12H16N2O5. The standard InChI is InChI=1S/C12H16N2O5/c1-2-19-10-6-3-5-9(14(17)18)11(10)12(16)13-7-4-8-15/h3,5-6,15H,2,4,7-8H2,1H3,(H,13,16). The highest BCUT2D eigenvalue weighted by molar-refractivity contribution is 6.00. The van der Waals surface area contributed by atoms with Crippen LogP contribution in [0.2, 0.25) is 0 Å². The number of benzene rings is 1. The van der Waals surface area contributed by atoms with Crippen molar-refractivity contribution in [2.75, 3.05) is 19.8 Å². The van der Waals surface area contributed by atoms with Crippen LogP contribution in [0.4, 0.5) is 5.69 Å². The van der Waals surface area contributed by atoms with Gasteiger partial charge in [0.25, 0.3) is 11.6 Å². The van der Waals surface area contributed by atoms with Crippen LogP contribution in [-0.4, -0.2) is 35.7 Å². The van der Waals surface area contributed by atoms with Crippen LogP contribution in [0.3, 0.4) is 0 Å². The van der Waals surface area contributed by atoms with E-state index in [4.69, 9.17) is 9.84 Å². The summed E-state index contributed by atoms with van der Waals surface area (Å²) >= 11 is 0. The Hall–Kier alpha value is -2.15. The van der Waals surface area contributed by atoms with Gasteiger partial charge in [-0.25, -0.2) is 0 Å². The normalized spacial score (nSPS) is 10.0. The van der Waals surface area contributed by atoms with Crippen molar-refractivity contribution in [2.45, 2.75) is 13.3 Å². The molecule has 0 radical (unpaired) electrons. The third-order valence-electron chi connectivity index (χ3n) is 2.35. The van der Waals surface area contributed by atoms with Crippen LogP contribution in [-0.2, 0) is 0 Å². The second-order valence-electron chi connectivity index (χ2n) is 3.67. The average molecular weight is 268 g/mol. The van der Waals surface area contributed by atoms with Gasteiger partial charge in [0, 0.05) is 19.2 Å². The second kappa shape index (κ2) is 7.32. The van der Waals surface area contributed by atoms with E-state index in [2.05, 4.69) is 5.32 Å². The summed E-state index contributed by atoms with van der Waals surface area (Å²) in [6.07, 6.45) is 0.385. The quantitative estimate of drug-likeness (QED) is 0.438. The maximum absolute atomic E-state index is 12.0. The molecule has 0 aliphatic carbocycles. The second-order valence-corrected chi connectivity index (χ2v) is 3.67. The van der Waals surface area contributed by atoms with Gasteiger partial charge in [0.05, 0.1) is 11.5 Å². The summed E-state index contributed by atoms with van der Waals surface area (Å²) in [5, 5.41) is 22.1. The number of ether oxygens (including phenoxy) is 1. The Kier molecular flexibility index (Phi) is 5.74. The van der Waals surface area contributed by atoms with Gasteiger partial charge in [0.1, 0.15) is 5.75 Å². The molecule has 19 heavy (non-hydrogen) atoms. The molecule has 104 valence electrons. The molecule has 1 aromatic rings. The highest BCUT2D eigenvalue weighted by atomic mass is 16.6. The van der Waals surface area contributed by atoms with Gasteiger partial charge in [-0.15, -0.1) is 0 Å². The molecule has 0 bridgehead atoms. The van der Waals surface area contributed by atoms with Crippen molar-refractivity contribution in [2.24, 2.45) is 0 Å². The molecule has 0 aliphatic rings. The van der Waals surface area contributed by atoms with Crippen LogP contribution in [0.25, 0.3) is 0 Å². The maximum Gasteiger partial charge on any atom is 0.285 e. The zero-order valence-corrected chi connectivity index (χ0v) is 10.6. The summed E-state index contributed by atoms with van der Waals surface area (Å²) in [7, 11) is 0. The van der Waals surface area contributed by atoms with E-state index < -0.39 is 10.8 Å². The summed E-state index contributed by atoms with van der Waals surface area (Å²) in [6.45, 7) is 2.22. The molecule has 7 nitrogen and oxygen atoms in total. The number of nitrogens with zero attached hydrogens (tertiary/aromatic N) is 1. The zero-order valence-electron chi connectivity index (χ0n) is 10.6. The van der Waals surface area contributed by atoms with Crippen molar-refractivity contribution < 1.29 is 19.6 Å². The van der Waals surface area contributed by atoms with Crippen molar-refractivity contribution in [1.29, 1.82) is 0 Å². The first-order valence-electron chi connectivity index (χ1n) is 5.91. The number of aliphatic hydroxyl groups excluding tert-OH is 1. The summed E-state index contributed by atoms with van der Waals surface area (Å²) in [5.41, 5.74) is -0.389. The van der Waals surface area contributed by atoms with Gasteiger partial charge >= 0.3 is 0 Å². The molecule has 1 rings (SSSR count). The Morgan fingerprint density at radius 3 is 2.84 bits per heavy atom. The molecule has 0 saturated carbocycles. The molecule has 0 heterocycles. The lowest BCUT2D eigenvalue weighted by molar-refractivity contribution is -0.385. The van der Waals surface area contributed by atoms with Crippen molar-refractivity contribution in [3.05, 3.63) is 33.9 Å². The molecule has 0 spiro atoms. The molecule has 0 atom stereocenters. The van der Waals surface area contributed by atoms with Crippen molar-refractivity contribution >= 4 is 11.6 Å². The number of carbonyl (C=O) groups is 1. The molecule has 1 aromatic carbocycles. The van der Waals surface area contributed by atoms with E-state index in [0.717, 1.165) is 0 Å². The molecule has 0 fully saturated rings. The summed E-state index contributed by atoms with van der Waals surface area (Å²) < 4.78 is 5.24. The van der Waals surface area contributed by atoms with E-state index in [-0.39, 0.29) is 30.2 Å². The first-order chi connectivity index (χ1) is 9.11. The number of carbonyl (C=O) groups excluding carboxylic acids is 1. The molecule has 0 aromatic heterocycles. The number of hydrogen-bond acceptors (Lipinski definition) is 5. The maximum atomic E-state index is 12.0. The smallest absolute Gasteiger partial charge is 0.285 e. The van der Waals surface area contributed by atoms with Crippen molar-refractivity contribution in [3.63, 3.8) is 0 Å². The lowest BCUT2D eigenvalue weighted by Crippen LogP contribution is -2.26. The molecule has 7 heteroatoms. The number of nitro groups is 1. The highest BCUT2D eigenvalue weighted by Crippen LogP contribution is 2.28. The van der Waals surface area contributed by atoms with E-state index in [1.54, 1.807) is 6.92 Å². The lowest BCUT2D eigenvalue weighted by Gasteiger charge is -2.10. The van der Waals surface area contributed by atoms with Crippen molar-refractivity contribution in [3.8, 4) is 5.75 Å². The predicted octanol–water partition coefficient (Wildman–Crippen LogP) is 1.11. The van der Waals surface area contributed by atoms with Crippen LogP contribution in [0.5, 0.6) is 5.75 Å². The Morgan fingerprint density at radius 2 is 2.26 bits per heavy atom. The number of hydrogen-bond donors (Lipinski definition) is 2. The fourth-order valence-electron chi connectivity index (χ4n) is 1.55. The first kappa shape index (κ1) is 14.9. The molecule has 2 N–H and O–H groups in total. The topological polar surface area (TPSA) is 102 Å². The van der Waals surface area contributed by atoms with Gasteiger partial charge < -0.3 is 15.2 Å². The van der Waals surface area contributed by atoms with Crippen LogP contribution in [0.1, 0.15) is 23.7 Å². The average Bonchev–Trinajstić information content (AvgIpc) is 2.39. The minimum atomic E-state index is -0.622. The largest absolute Gasteiger partial charge is 0.493 e. The fraction of sp³-hybridized carbons (Fsp3) is 0.417. The van der Waals surface area contributed by atoms with Crippen LogP contribution >= 0.6 is 0 Å². The van der Waals surface area contributed by atoms with E-state index in [9.17, 15) is 14.9 Å². The van der Waals surface area contributed by atoms with E-state index in [1.807, 2.05) is 0 Å². The number of aliphatic hydroxyl groups is 1. The third-order valence-corrected chi connectivity index (χ3v) is 2.35. The fourth-order valence-corrected chi connectivity index (χ4v) is 1.55. The molecule has 0 unspecified atom stereocenters. The lowest BCUT2D eigenvalue weighted by atomic mass is 10.1. The van der Waals surface area contributed by atoms with Gasteiger partial charge in [0.15, 0.2) is 5.56 Å². The zero-order chi connectivity index (χ0) is 14.3. The van der Waals surface area contributed by atoms with Gasteiger partial charge in [-0.1, -0.05) is 6.07 Å². The van der Waals surface area contributed by atoms with Gasteiger partial charge in [0.2, 0.25) is 0 Å². The number of amides is 1. The van der Waals surface area contributed by atoms with Gasteiger partial charge in [-0.05, 0) is 19.4 Å². The summed E-state index contributed by atoms with van der Waals surface area (Å²) in [6, 6.07) is 4.23. The summed E-state index contributed by atoms with van der Waals surface area (Å²) in [4.78, 5) is 22.3. The minimum Gasteiger partial charge on any atom is -0.493 e. The SMILES string of the molecule is CCOc1cccc([N+](=O)[O-])c1C(=O)NCCCO. The van der Waals surface area contributed by atoms with E-state index >= 15 is 0 Å². The van der Waals surface area contributed by atoms with Gasteiger partial charge in [-0.3, -0.25) is 14.9 Å². The molecule has 0 saturated heterocycles. The highest BCUT2D eigenvalue weighted by Gasteiger charge is 2.24. The molecular weight excluding hydrogens is 252 g/mol. The number of nitrogens with one attached hydrogen (secondary N) is 1. The van der Waals surface area contributed by atoms with E-state index in [0.29, 0.717) is 13.0 Å². The van der Waals surface area contributed by atoms with Crippen molar-refractivity contribution in [1.82, 2.24) is 5.32 Å². The Morgan fingerprint density at radius 1 is 1.53 bits per heavy atom. The molecule has 1 amide bonds. The van der Waals surface area contributed by atoms with Crippen LogP contribution in [0.15, 0.2) is 18.2 Å². The monoisotopic (exact) mass is 268 g/mol. The van der Waals surface area contributed by atoms with Crippen LogP contribution in [0, 0.1) is 10.1 Å². The van der Waals surface area contributed by atoms with Gasteiger partial charge in [-0.2, -0.15) is 0 Å². The Labute approximate surface area is 110 Å². The molecule has 0 aliphatic heterocycles. The van der Waals surface area contributed by atoms with E-state index in [1.165, 1.54) is 18.2 Å². The minimum absolute atomic E-state index is 0.0600. The Bertz CT molecular complexity index is 461. The summed E-state index contributed by atoms with van der Waals surface area (Å²) in [5.74, 6) is -0.401.